The topological polar surface area (TPSA) is 58.6 Å². The van der Waals surface area contributed by atoms with Gasteiger partial charge in [0.25, 0.3) is 0 Å². The lowest BCUT2D eigenvalue weighted by atomic mass is 9.94. The maximum atomic E-state index is 12.0. The van der Waals surface area contributed by atoms with Crippen LogP contribution in [-0.4, -0.2) is 30.3 Å². The molecule has 0 bridgehead atoms. The summed E-state index contributed by atoms with van der Waals surface area (Å²) in [6, 6.07) is 5.75. The van der Waals surface area contributed by atoms with Gasteiger partial charge in [-0.05, 0) is 37.3 Å². The van der Waals surface area contributed by atoms with Crippen molar-refractivity contribution in [1.82, 2.24) is 5.32 Å². The Bertz CT molecular complexity index is 503. The molecule has 4 nitrogen and oxygen atoms in total. The molecule has 0 spiro atoms. The molecule has 2 aliphatic rings. The van der Waals surface area contributed by atoms with Crippen LogP contribution in [0, 0.1) is 0 Å². The van der Waals surface area contributed by atoms with Crippen LogP contribution in [0.25, 0.3) is 0 Å². The standard InChI is InChI=1S/C17H23NO3/c19-16(21-14-8-9-18-11-14)10-13-6-3-7-15(17(13)20)12-4-1-2-5-12/h3,6-7,12,14,18,20H,1-2,4-5,8-11H2. The molecule has 1 saturated carbocycles. The Morgan fingerprint density at radius 1 is 1.29 bits per heavy atom. The van der Waals surface area contributed by atoms with Crippen molar-refractivity contribution in [3.63, 3.8) is 0 Å². The van der Waals surface area contributed by atoms with Crippen molar-refractivity contribution in [3.05, 3.63) is 29.3 Å². The largest absolute Gasteiger partial charge is 0.507 e. The average Bonchev–Trinajstić information content (AvgIpc) is 3.14. The van der Waals surface area contributed by atoms with Gasteiger partial charge in [-0.1, -0.05) is 31.0 Å². The smallest absolute Gasteiger partial charge is 0.310 e. The number of hydrogen-bond donors (Lipinski definition) is 2. The Kier molecular flexibility index (Phi) is 4.44. The quantitative estimate of drug-likeness (QED) is 0.836. The van der Waals surface area contributed by atoms with Crippen molar-refractivity contribution in [2.75, 3.05) is 13.1 Å². The zero-order valence-corrected chi connectivity index (χ0v) is 12.3. The van der Waals surface area contributed by atoms with Crippen LogP contribution in [0.3, 0.4) is 0 Å². The highest BCUT2D eigenvalue weighted by molar-refractivity contribution is 5.74. The Morgan fingerprint density at radius 3 is 2.81 bits per heavy atom. The van der Waals surface area contributed by atoms with E-state index in [-0.39, 0.29) is 18.5 Å². The van der Waals surface area contributed by atoms with Crippen molar-refractivity contribution < 1.29 is 14.6 Å². The number of phenols is 1. The summed E-state index contributed by atoms with van der Waals surface area (Å²) in [4.78, 5) is 12.0. The summed E-state index contributed by atoms with van der Waals surface area (Å²) in [6.45, 7) is 1.64. The summed E-state index contributed by atoms with van der Waals surface area (Å²) >= 11 is 0. The van der Waals surface area contributed by atoms with Gasteiger partial charge >= 0.3 is 5.97 Å². The van der Waals surface area contributed by atoms with Gasteiger partial charge < -0.3 is 15.2 Å². The van der Waals surface area contributed by atoms with E-state index in [9.17, 15) is 9.90 Å². The van der Waals surface area contributed by atoms with Gasteiger partial charge in [0.15, 0.2) is 0 Å². The first kappa shape index (κ1) is 14.4. The molecule has 2 fully saturated rings. The molecular formula is C17H23NO3. The molecule has 1 aliphatic carbocycles. The van der Waals surface area contributed by atoms with E-state index in [1.165, 1.54) is 12.8 Å². The number of benzene rings is 1. The Morgan fingerprint density at radius 2 is 2.10 bits per heavy atom. The lowest BCUT2D eigenvalue weighted by Crippen LogP contribution is -2.21. The third-order valence-corrected chi connectivity index (χ3v) is 4.59. The molecule has 21 heavy (non-hydrogen) atoms. The second kappa shape index (κ2) is 6.48. The Labute approximate surface area is 125 Å². The Hall–Kier alpha value is -1.55. The molecule has 1 saturated heterocycles. The Balaban J connectivity index is 1.67. The number of phenolic OH excluding ortho intramolecular Hbond substituents is 1. The number of carbonyl (C=O) groups excluding carboxylic acids is 1. The van der Waals surface area contributed by atoms with Crippen LogP contribution in [0.4, 0.5) is 0 Å². The minimum Gasteiger partial charge on any atom is -0.507 e. The number of para-hydroxylation sites is 1. The summed E-state index contributed by atoms with van der Waals surface area (Å²) in [6.07, 6.45) is 5.74. The average molecular weight is 289 g/mol. The van der Waals surface area contributed by atoms with E-state index in [1.54, 1.807) is 0 Å². The second-order valence-corrected chi connectivity index (χ2v) is 6.12. The van der Waals surface area contributed by atoms with Gasteiger partial charge in [0.1, 0.15) is 11.9 Å². The van der Waals surface area contributed by atoms with Crippen LogP contribution >= 0.6 is 0 Å². The summed E-state index contributed by atoms with van der Waals surface area (Å²) in [5.74, 6) is 0.494. The molecule has 1 heterocycles. The second-order valence-electron chi connectivity index (χ2n) is 6.12. The lowest BCUT2D eigenvalue weighted by Gasteiger charge is -2.15. The number of rotatable bonds is 4. The van der Waals surface area contributed by atoms with Crippen molar-refractivity contribution in [1.29, 1.82) is 0 Å². The van der Waals surface area contributed by atoms with E-state index in [4.69, 9.17) is 4.74 Å². The van der Waals surface area contributed by atoms with Crippen LogP contribution in [0.15, 0.2) is 18.2 Å². The fraction of sp³-hybridized carbons (Fsp3) is 0.588. The van der Waals surface area contributed by atoms with E-state index in [0.29, 0.717) is 17.2 Å². The highest BCUT2D eigenvalue weighted by Gasteiger charge is 2.23. The summed E-state index contributed by atoms with van der Waals surface area (Å²) in [5, 5.41) is 13.6. The van der Waals surface area contributed by atoms with Crippen molar-refractivity contribution in [2.45, 2.75) is 50.5 Å². The molecule has 1 aliphatic heterocycles. The van der Waals surface area contributed by atoms with Gasteiger partial charge in [0.2, 0.25) is 0 Å². The highest BCUT2D eigenvalue weighted by atomic mass is 16.5. The molecule has 4 heteroatoms. The zero-order valence-electron chi connectivity index (χ0n) is 12.3. The number of ether oxygens (including phenoxy) is 1. The van der Waals surface area contributed by atoms with Gasteiger partial charge in [0, 0.05) is 12.1 Å². The maximum Gasteiger partial charge on any atom is 0.310 e. The van der Waals surface area contributed by atoms with Gasteiger partial charge in [-0.2, -0.15) is 0 Å². The van der Waals surface area contributed by atoms with Crippen LogP contribution in [-0.2, 0) is 16.0 Å². The first-order valence-corrected chi connectivity index (χ1v) is 7.95. The lowest BCUT2D eigenvalue weighted by molar-refractivity contribution is -0.147. The number of esters is 1. The molecule has 114 valence electrons. The van der Waals surface area contributed by atoms with E-state index in [0.717, 1.165) is 37.9 Å². The number of nitrogens with one attached hydrogen (secondary N) is 1. The van der Waals surface area contributed by atoms with Gasteiger partial charge in [-0.15, -0.1) is 0 Å². The minimum atomic E-state index is -0.248. The molecule has 3 rings (SSSR count). The summed E-state index contributed by atoms with van der Waals surface area (Å²) in [5.41, 5.74) is 1.69. The van der Waals surface area contributed by atoms with Crippen LogP contribution < -0.4 is 5.32 Å². The first-order valence-electron chi connectivity index (χ1n) is 7.95. The highest BCUT2D eigenvalue weighted by Crippen LogP contribution is 2.39. The van der Waals surface area contributed by atoms with Crippen LogP contribution in [0.1, 0.15) is 49.1 Å². The van der Waals surface area contributed by atoms with Crippen LogP contribution in [0.2, 0.25) is 0 Å². The zero-order chi connectivity index (χ0) is 14.7. The molecule has 2 N–H and O–H groups in total. The summed E-state index contributed by atoms with van der Waals surface area (Å²) < 4.78 is 5.42. The SMILES string of the molecule is O=C(Cc1cccc(C2CCCC2)c1O)OC1CCNC1. The molecular weight excluding hydrogens is 266 g/mol. The fourth-order valence-corrected chi connectivity index (χ4v) is 3.43. The minimum absolute atomic E-state index is 0.0161. The summed E-state index contributed by atoms with van der Waals surface area (Å²) in [7, 11) is 0. The van der Waals surface area contributed by atoms with Crippen molar-refractivity contribution in [3.8, 4) is 5.75 Å². The predicted molar refractivity (Wildman–Crippen MR) is 80.4 cm³/mol. The van der Waals surface area contributed by atoms with Crippen LogP contribution in [0.5, 0.6) is 5.75 Å². The van der Waals surface area contributed by atoms with Gasteiger partial charge in [-0.3, -0.25) is 4.79 Å². The van der Waals surface area contributed by atoms with Crippen molar-refractivity contribution in [2.24, 2.45) is 0 Å². The normalized spacial score (nSPS) is 22.6. The molecule has 1 unspecified atom stereocenters. The predicted octanol–water partition coefficient (Wildman–Crippen LogP) is 2.50. The molecule has 1 aromatic rings. The number of carbonyl (C=O) groups is 1. The van der Waals surface area contributed by atoms with E-state index >= 15 is 0 Å². The van der Waals surface area contributed by atoms with Crippen molar-refractivity contribution >= 4 is 5.97 Å². The maximum absolute atomic E-state index is 12.0. The van der Waals surface area contributed by atoms with E-state index in [2.05, 4.69) is 5.32 Å². The molecule has 1 aromatic carbocycles. The third-order valence-electron chi connectivity index (χ3n) is 4.59. The monoisotopic (exact) mass is 289 g/mol. The molecule has 0 amide bonds. The van der Waals surface area contributed by atoms with Gasteiger partial charge in [0.05, 0.1) is 6.42 Å². The number of aromatic hydroxyl groups is 1. The fourth-order valence-electron chi connectivity index (χ4n) is 3.43. The third kappa shape index (κ3) is 3.38. The first-order chi connectivity index (χ1) is 10.2. The molecule has 0 radical (unpaired) electrons. The molecule has 1 atom stereocenters. The molecule has 0 aromatic heterocycles. The van der Waals surface area contributed by atoms with Gasteiger partial charge in [-0.25, -0.2) is 0 Å². The van der Waals surface area contributed by atoms with E-state index in [1.807, 2.05) is 18.2 Å². The van der Waals surface area contributed by atoms with E-state index < -0.39 is 0 Å². The number of hydrogen-bond acceptors (Lipinski definition) is 4.